The molecule has 0 unspecified atom stereocenters. The van der Waals surface area contributed by atoms with Crippen LogP contribution < -0.4 is 0 Å². The van der Waals surface area contributed by atoms with E-state index in [2.05, 4.69) is 86.8 Å². The predicted molar refractivity (Wildman–Crippen MR) is 214 cm³/mol. The van der Waals surface area contributed by atoms with Gasteiger partial charge in [-0.05, 0) is 83.5 Å². The maximum atomic E-state index is 12.0. The summed E-state index contributed by atoms with van der Waals surface area (Å²) in [7, 11) is 0. The monoisotopic (exact) mass is 697 g/mol. The molecule has 0 spiro atoms. The Morgan fingerprint density at radius 1 is 0.420 bits per heavy atom. The molecule has 0 fully saturated rings. The summed E-state index contributed by atoms with van der Waals surface area (Å²) in [6.07, 6.45) is 53.9. The van der Waals surface area contributed by atoms with Crippen LogP contribution in [0.4, 0.5) is 0 Å². The third kappa shape index (κ3) is 39.8. The Morgan fingerprint density at radius 2 is 0.720 bits per heavy atom. The molecule has 5 heteroatoms. The zero-order chi connectivity index (χ0) is 36.4. The molecule has 0 aliphatic rings. The van der Waals surface area contributed by atoms with Gasteiger partial charge < -0.3 is 14.6 Å². The van der Waals surface area contributed by atoms with Crippen molar-refractivity contribution in [3.05, 3.63) is 72.9 Å². The first-order valence-corrected chi connectivity index (χ1v) is 20.5. The molecule has 0 amide bonds. The summed E-state index contributed by atoms with van der Waals surface area (Å²) in [5.41, 5.74) is 0. The van der Waals surface area contributed by atoms with Crippen LogP contribution in [-0.2, 0) is 19.1 Å². The van der Waals surface area contributed by atoms with Gasteiger partial charge in [-0.15, -0.1) is 0 Å². The summed E-state index contributed by atoms with van der Waals surface area (Å²) in [4.78, 5) is 23.9. The number of esters is 2. The van der Waals surface area contributed by atoms with E-state index in [1.807, 2.05) is 0 Å². The number of ether oxygens (including phenoxy) is 2. The van der Waals surface area contributed by atoms with Gasteiger partial charge in [0, 0.05) is 12.8 Å². The number of allylic oxidation sites excluding steroid dienone is 12. The van der Waals surface area contributed by atoms with Crippen LogP contribution in [0.5, 0.6) is 0 Å². The van der Waals surface area contributed by atoms with Gasteiger partial charge in [0.25, 0.3) is 0 Å². The standard InChI is InChI=1S/C45H76O5/c1-3-5-7-9-11-13-15-17-19-21-22-24-26-28-30-32-34-36-38-40-45(48)50-42-43(46)41-49-44(47)39-37-35-33-31-29-27-25-23-20-18-16-14-12-10-8-6-4-2/h11-14,17-20,25,27,31,33,43,46H,3-10,15-16,21-24,26,28-30,32,34-42H2,1-2H3/b13-11-,14-12-,19-17-,20-18-,27-25-,33-31-/t43-/m1/s1. The Bertz CT molecular complexity index is 926. The van der Waals surface area contributed by atoms with Crippen LogP contribution in [0.15, 0.2) is 72.9 Å². The predicted octanol–water partition coefficient (Wildman–Crippen LogP) is 13.0. The minimum absolute atomic E-state index is 0.139. The van der Waals surface area contributed by atoms with E-state index in [4.69, 9.17) is 9.47 Å². The number of hydrogen-bond donors (Lipinski definition) is 1. The lowest BCUT2D eigenvalue weighted by molar-refractivity contribution is -0.152. The van der Waals surface area contributed by atoms with Crippen molar-refractivity contribution >= 4 is 11.9 Å². The molecule has 5 nitrogen and oxygen atoms in total. The average Bonchev–Trinajstić information content (AvgIpc) is 3.12. The fourth-order valence-electron chi connectivity index (χ4n) is 5.28. The van der Waals surface area contributed by atoms with Crippen LogP contribution in [0.3, 0.4) is 0 Å². The van der Waals surface area contributed by atoms with Crippen LogP contribution in [-0.4, -0.2) is 36.4 Å². The second-order valence-electron chi connectivity index (χ2n) is 13.4. The number of aliphatic hydroxyl groups is 1. The van der Waals surface area contributed by atoms with Crippen LogP contribution in [0, 0.1) is 0 Å². The maximum Gasteiger partial charge on any atom is 0.305 e. The van der Waals surface area contributed by atoms with Gasteiger partial charge in [-0.1, -0.05) is 157 Å². The van der Waals surface area contributed by atoms with E-state index in [1.54, 1.807) is 0 Å². The van der Waals surface area contributed by atoms with E-state index in [1.165, 1.54) is 96.3 Å². The Hall–Kier alpha value is -2.66. The topological polar surface area (TPSA) is 72.8 Å². The molecule has 0 rings (SSSR count). The summed E-state index contributed by atoms with van der Waals surface area (Å²) < 4.78 is 10.3. The second kappa shape index (κ2) is 40.8. The minimum Gasteiger partial charge on any atom is -0.463 e. The smallest absolute Gasteiger partial charge is 0.305 e. The minimum atomic E-state index is -0.991. The number of aliphatic hydroxyl groups excluding tert-OH is 1. The van der Waals surface area contributed by atoms with E-state index in [0.717, 1.165) is 51.4 Å². The lowest BCUT2D eigenvalue weighted by Crippen LogP contribution is -2.25. The zero-order valence-electron chi connectivity index (χ0n) is 32.4. The fraction of sp³-hybridized carbons (Fsp3) is 0.689. The van der Waals surface area contributed by atoms with E-state index in [0.29, 0.717) is 19.3 Å². The summed E-state index contributed by atoms with van der Waals surface area (Å²) in [5, 5.41) is 10.0. The number of carbonyl (C=O) groups is 2. The Balaban J connectivity index is 3.54. The van der Waals surface area contributed by atoms with Gasteiger partial charge in [-0.2, -0.15) is 0 Å². The lowest BCUT2D eigenvalue weighted by atomic mass is 10.1. The van der Waals surface area contributed by atoms with E-state index < -0.39 is 6.10 Å². The Labute approximate surface area is 308 Å². The van der Waals surface area contributed by atoms with Crippen molar-refractivity contribution in [3.8, 4) is 0 Å². The van der Waals surface area contributed by atoms with Crippen molar-refractivity contribution in [1.82, 2.24) is 0 Å². The molecule has 50 heavy (non-hydrogen) atoms. The highest BCUT2D eigenvalue weighted by Crippen LogP contribution is 2.12. The average molecular weight is 697 g/mol. The molecule has 0 saturated heterocycles. The Morgan fingerprint density at radius 3 is 1.12 bits per heavy atom. The lowest BCUT2D eigenvalue weighted by Gasteiger charge is -2.12. The van der Waals surface area contributed by atoms with E-state index >= 15 is 0 Å². The number of rotatable bonds is 36. The zero-order valence-corrected chi connectivity index (χ0v) is 32.4. The molecular weight excluding hydrogens is 620 g/mol. The van der Waals surface area contributed by atoms with E-state index in [-0.39, 0.29) is 25.2 Å². The highest BCUT2D eigenvalue weighted by Gasteiger charge is 2.12. The summed E-state index contributed by atoms with van der Waals surface area (Å²) in [6, 6.07) is 0. The molecule has 0 aliphatic heterocycles. The quantitative estimate of drug-likeness (QED) is 0.0401. The molecule has 0 saturated carbocycles. The molecule has 0 aromatic carbocycles. The molecule has 0 aromatic heterocycles. The Kier molecular flexibility index (Phi) is 38.6. The molecular formula is C45H76O5. The van der Waals surface area contributed by atoms with Crippen LogP contribution >= 0.6 is 0 Å². The van der Waals surface area contributed by atoms with Crippen molar-refractivity contribution in [2.45, 2.75) is 187 Å². The first kappa shape index (κ1) is 47.3. The van der Waals surface area contributed by atoms with Crippen molar-refractivity contribution < 1.29 is 24.2 Å². The third-order valence-electron chi connectivity index (χ3n) is 8.41. The van der Waals surface area contributed by atoms with E-state index in [9.17, 15) is 14.7 Å². The molecule has 0 aliphatic carbocycles. The molecule has 0 heterocycles. The van der Waals surface area contributed by atoms with Crippen molar-refractivity contribution in [3.63, 3.8) is 0 Å². The third-order valence-corrected chi connectivity index (χ3v) is 8.41. The van der Waals surface area contributed by atoms with Gasteiger partial charge in [-0.3, -0.25) is 9.59 Å². The van der Waals surface area contributed by atoms with Crippen LogP contribution in [0.1, 0.15) is 181 Å². The van der Waals surface area contributed by atoms with Crippen molar-refractivity contribution in [2.75, 3.05) is 13.2 Å². The second-order valence-corrected chi connectivity index (χ2v) is 13.4. The summed E-state index contributed by atoms with van der Waals surface area (Å²) in [5.74, 6) is -0.637. The SMILES string of the molecule is CCCCC/C=C\C/C=C\C/C=C\C/C=C\CCCC(=O)OC[C@@H](O)COC(=O)CCCCCCCCCCC/C=C\C/C=C\CCCCC. The van der Waals surface area contributed by atoms with Gasteiger partial charge in [0.2, 0.25) is 0 Å². The highest BCUT2D eigenvalue weighted by molar-refractivity contribution is 5.69. The number of unbranched alkanes of at least 4 members (excludes halogenated alkanes) is 16. The normalized spacial score (nSPS) is 12.9. The highest BCUT2D eigenvalue weighted by atomic mass is 16.6. The molecule has 1 N–H and O–H groups in total. The van der Waals surface area contributed by atoms with Crippen LogP contribution in [0.25, 0.3) is 0 Å². The van der Waals surface area contributed by atoms with Crippen LogP contribution in [0.2, 0.25) is 0 Å². The first-order valence-electron chi connectivity index (χ1n) is 20.5. The number of carbonyl (C=O) groups excluding carboxylic acids is 2. The van der Waals surface area contributed by atoms with Gasteiger partial charge in [0.05, 0.1) is 0 Å². The first-order chi connectivity index (χ1) is 24.6. The number of hydrogen-bond acceptors (Lipinski definition) is 5. The summed E-state index contributed by atoms with van der Waals surface area (Å²) in [6.45, 7) is 4.19. The van der Waals surface area contributed by atoms with Gasteiger partial charge in [0.15, 0.2) is 0 Å². The molecule has 1 atom stereocenters. The molecule has 0 radical (unpaired) electrons. The largest absolute Gasteiger partial charge is 0.463 e. The van der Waals surface area contributed by atoms with Crippen molar-refractivity contribution in [1.29, 1.82) is 0 Å². The molecule has 0 aromatic rings. The van der Waals surface area contributed by atoms with Gasteiger partial charge in [-0.25, -0.2) is 0 Å². The fourth-order valence-corrected chi connectivity index (χ4v) is 5.28. The maximum absolute atomic E-state index is 12.0. The van der Waals surface area contributed by atoms with Gasteiger partial charge >= 0.3 is 11.9 Å². The van der Waals surface area contributed by atoms with Gasteiger partial charge in [0.1, 0.15) is 19.3 Å². The van der Waals surface area contributed by atoms with Crippen molar-refractivity contribution in [2.24, 2.45) is 0 Å². The molecule has 286 valence electrons. The molecule has 0 bridgehead atoms. The summed E-state index contributed by atoms with van der Waals surface area (Å²) >= 11 is 0.